The van der Waals surface area contributed by atoms with Crippen LogP contribution in [-0.2, 0) is 9.53 Å². The fourth-order valence-corrected chi connectivity index (χ4v) is 4.01. The van der Waals surface area contributed by atoms with E-state index in [-0.39, 0.29) is 18.1 Å². The molecule has 0 spiro atoms. The Balaban J connectivity index is 1.76. The molecule has 0 aromatic rings. The molecule has 0 saturated heterocycles. The van der Waals surface area contributed by atoms with Crippen LogP contribution in [0.15, 0.2) is 0 Å². The van der Waals surface area contributed by atoms with Crippen LogP contribution in [0.2, 0.25) is 0 Å². The van der Waals surface area contributed by atoms with E-state index in [1.165, 1.54) is 0 Å². The van der Waals surface area contributed by atoms with E-state index in [4.69, 9.17) is 4.74 Å². The van der Waals surface area contributed by atoms with Gasteiger partial charge in [-0.3, -0.25) is 4.79 Å². The summed E-state index contributed by atoms with van der Waals surface area (Å²) in [4.78, 5) is 25.1. The van der Waals surface area contributed by atoms with Crippen LogP contribution in [0.5, 0.6) is 0 Å². The minimum absolute atomic E-state index is 0.194. The van der Waals surface area contributed by atoms with Gasteiger partial charge in [-0.15, -0.1) is 0 Å². The zero-order valence-corrected chi connectivity index (χ0v) is 16.1. The van der Waals surface area contributed by atoms with Crippen molar-refractivity contribution in [3.05, 3.63) is 0 Å². The molecule has 2 aliphatic rings. The third-order valence-electron chi connectivity index (χ3n) is 5.42. The third-order valence-corrected chi connectivity index (χ3v) is 5.42. The Hall–Kier alpha value is -1.30. The molecule has 2 fully saturated rings. The van der Waals surface area contributed by atoms with Crippen molar-refractivity contribution in [3.63, 3.8) is 0 Å². The van der Waals surface area contributed by atoms with Crippen LogP contribution < -0.4 is 5.32 Å². The van der Waals surface area contributed by atoms with Gasteiger partial charge in [-0.2, -0.15) is 0 Å². The molecular weight excluding hydrogens is 320 g/mol. The van der Waals surface area contributed by atoms with Crippen LogP contribution in [0.4, 0.5) is 4.79 Å². The molecular formula is C19H34N2O4. The van der Waals surface area contributed by atoms with Crippen molar-refractivity contribution in [1.82, 2.24) is 10.2 Å². The molecule has 0 heterocycles. The summed E-state index contributed by atoms with van der Waals surface area (Å²) in [6, 6.07) is 0.979. The number of aliphatic carboxylic acids is 1. The number of nitrogens with one attached hydrogen (secondary N) is 1. The van der Waals surface area contributed by atoms with Gasteiger partial charge in [0.15, 0.2) is 0 Å². The second-order valence-corrected chi connectivity index (χ2v) is 8.66. The van der Waals surface area contributed by atoms with Crippen molar-refractivity contribution in [2.24, 2.45) is 5.92 Å². The van der Waals surface area contributed by atoms with Crippen molar-refractivity contribution in [1.29, 1.82) is 0 Å². The fourth-order valence-electron chi connectivity index (χ4n) is 4.01. The van der Waals surface area contributed by atoms with E-state index < -0.39 is 11.6 Å². The third kappa shape index (κ3) is 6.17. The number of hydrogen-bond acceptors (Lipinski definition) is 4. The lowest BCUT2D eigenvalue weighted by Gasteiger charge is -2.38. The van der Waals surface area contributed by atoms with E-state index in [0.29, 0.717) is 12.1 Å². The highest BCUT2D eigenvalue weighted by Crippen LogP contribution is 2.28. The zero-order valence-electron chi connectivity index (χ0n) is 16.1. The molecule has 2 rings (SSSR count). The summed E-state index contributed by atoms with van der Waals surface area (Å²) in [7, 11) is 1.82. The second kappa shape index (κ2) is 8.39. The van der Waals surface area contributed by atoms with Crippen LogP contribution in [0.1, 0.15) is 72.1 Å². The molecule has 144 valence electrons. The number of carbonyl (C=O) groups is 2. The molecule has 2 N–H and O–H groups in total. The largest absolute Gasteiger partial charge is 0.481 e. The number of carboxylic acids is 1. The number of carbonyl (C=O) groups excluding carboxylic acids is 1. The Morgan fingerprint density at radius 1 is 1.04 bits per heavy atom. The molecule has 0 aromatic carbocycles. The molecule has 0 bridgehead atoms. The first-order chi connectivity index (χ1) is 11.7. The van der Waals surface area contributed by atoms with Crippen molar-refractivity contribution in [3.8, 4) is 0 Å². The molecule has 2 saturated carbocycles. The summed E-state index contributed by atoms with van der Waals surface area (Å²) >= 11 is 0. The predicted octanol–water partition coefficient (Wildman–Crippen LogP) is 3.40. The van der Waals surface area contributed by atoms with Gasteiger partial charge in [0.05, 0.1) is 5.92 Å². The Kier molecular flexibility index (Phi) is 6.72. The summed E-state index contributed by atoms with van der Waals surface area (Å²) in [6.45, 7) is 5.65. The highest BCUT2D eigenvalue weighted by atomic mass is 16.6. The normalized spacial score (nSPS) is 30.6. The van der Waals surface area contributed by atoms with Gasteiger partial charge in [0.2, 0.25) is 0 Å². The Labute approximate surface area is 151 Å². The van der Waals surface area contributed by atoms with Gasteiger partial charge < -0.3 is 20.1 Å². The summed E-state index contributed by atoms with van der Waals surface area (Å²) in [5.41, 5.74) is -0.467. The lowest BCUT2D eigenvalue weighted by molar-refractivity contribution is -0.143. The molecule has 0 aromatic heterocycles. The Morgan fingerprint density at radius 3 is 2.24 bits per heavy atom. The second-order valence-electron chi connectivity index (χ2n) is 8.66. The predicted molar refractivity (Wildman–Crippen MR) is 96.6 cm³/mol. The van der Waals surface area contributed by atoms with E-state index in [9.17, 15) is 14.7 Å². The highest BCUT2D eigenvalue weighted by Gasteiger charge is 2.32. The summed E-state index contributed by atoms with van der Waals surface area (Å²) in [5.74, 6) is -0.852. The standard InChI is InChI=1S/C19H34N2O4/c1-19(2,3)25-18(24)21(4)16-10-8-14(9-11-16)20-15-7-5-6-13(12-15)17(22)23/h13-16,20H,5-12H2,1-4H3,(H,22,23). The molecule has 0 radical (unpaired) electrons. The lowest BCUT2D eigenvalue weighted by atomic mass is 9.84. The van der Waals surface area contributed by atoms with Gasteiger partial charge in [0.1, 0.15) is 5.60 Å². The fraction of sp³-hybridized carbons (Fsp3) is 0.895. The summed E-state index contributed by atoms with van der Waals surface area (Å²) in [6.07, 6.45) is 7.32. The van der Waals surface area contributed by atoms with Gasteiger partial charge in [-0.25, -0.2) is 4.79 Å². The molecule has 0 aliphatic heterocycles. The van der Waals surface area contributed by atoms with Gasteiger partial charge in [0, 0.05) is 25.2 Å². The molecule has 6 heteroatoms. The lowest BCUT2D eigenvalue weighted by Crippen LogP contribution is -2.48. The maximum Gasteiger partial charge on any atom is 0.410 e. The average molecular weight is 354 g/mol. The maximum atomic E-state index is 12.2. The van der Waals surface area contributed by atoms with Crippen LogP contribution >= 0.6 is 0 Å². The Morgan fingerprint density at radius 2 is 1.68 bits per heavy atom. The smallest absolute Gasteiger partial charge is 0.410 e. The van der Waals surface area contributed by atoms with Crippen molar-refractivity contribution >= 4 is 12.1 Å². The topological polar surface area (TPSA) is 78.9 Å². The molecule has 25 heavy (non-hydrogen) atoms. The molecule has 2 aliphatic carbocycles. The van der Waals surface area contributed by atoms with Crippen molar-refractivity contribution in [2.45, 2.75) is 95.9 Å². The first-order valence-electron chi connectivity index (χ1n) is 9.60. The SMILES string of the molecule is CN(C(=O)OC(C)(C)C)C1CCC(NC2CCCC(C(=O)O)C2)CC1. The summed E-state index contributed by atoms with van der Waals surface area (Å²) < 4.78 is 5.45. The highest BCUT2D eigenvalue weighted by molar-refractivity contribution is 5.70. The van der Waals surface area contributed by atoms with Crippen LogP contribution in [0, 0.1) is 5.92 Å². The van der Waals surface area contributed by atoms with Crippen molar-refractivity contribution in [2.75, 3.05) is 7.05 Å². The Bertz CT molecular complexity index is 467. The number of carboxylic acid groups (broad SMARTS) is 1. The minimum Gasteiger partial charge on any atom is -0.481 e. The van der Waals surface area contributed by atoms with Gasteiger partial charge in [0.25, 0.3) is 0 Å². The van der Waals surface area contributed by atoms with E-state index in [1.807, 2.05) is 27.8 Å². The number of rotatable bonds is 4. The van der Waals surface area contributed by atoms with Gasteiger partial charge >= 0.3 is 12.1 Å². The molecule has 6 nitrogen and oxygen atoms in total. The van der Waals surface area contributed by atoms with Gasteiger partial charge in [-0.05, 0) is 65.7 Å². The number of ether oxygens (including phenoxy) is 1. The van der Waals surface area contributed by atoms with E-state index >= 15 is 0 Å². The van der Waals surface area contributed by atoms with Crippen LogP contribution in [-0.4, -0.2) is 52.8 Å². The molecule has 1 amide bonds. The summed E-state index contributed by atoms with van der Waals surface area (Å²) in [5, 5.41) is 12.9. The van der Waals surface area contributed by atoms with E-state index in [2.05, 4.69) is 5.32 Å². The minimum atomic E-state index is -0.658. The van der Waals surface area contributed by atoms with Crippen LogP contribution in [0.25, 0.3) is 0 Å². The average Bonchev–Trinajstić information content (AvgIpc) is 2.53. The first kappa shape index (κ1) is 20.0. The molecule has 2 unspecified atom stereocenters. The molecule has 2 atom stereocenters. The van der Waals surface area contributed by atoms with Crippen LogP contribution in [0.3, 0.4) is 0 Å². The zero-order chi connectivity index (χ0) is 18.6. The number of hydrogen-bond donors (Lipinski definition) is 2. The number of amides is 1. The first-order valence-corrected chi connectivity index (χ1v) is 9.60. The van der Waals surface area contributed by atoms with Gasteiger partial charge in [-0.1, -0.05) is 6.42 Å². The maximum absolute atomic E-state index is 12.2. The van der Waals surface area contributed by atoms with Crippen molar-refractivity contribution < 1.29 is 19.4 Å². The van der Waals surface area contributed by atoms with E-state index in [1.54, 1.807) is 4.90 Å². The van der Waals surface area contributed by atoms with E-state index in [0.717, 1.165) is 51.4 Å². The quantitative estimate of drug-likeness (QED) is 0.809. The number of nitrogens with zero attached hydrogens (tertiary/aromatic N) is 1. The monoisotopic (exact) mass is 354 g/mol.